The van der Waals surface area contributed by atoms with E-state index in [1.165, 1.54) is 6.39 Å². The van der Waals surface area contributed by atoms with Crippen molar-refractivity contribution in [3.05, 3.63) is 60.1 Å². The van der Waals surface area contributed by atoms with Crippen LogP contribution in [0.3, 0.4) is 0 Å². The minimum Gasteiger partial charge on any atom is -0.445 e. The third kappa shape index (κ3) is 3.29. The molecular formula is C17H17N5O3. The SMILES string of the molecule is O=C(Nc1nncn1Cc1ccccc1)c1ncoc1[C@H]1CCCO1. The van der Waals surface area contributed by atoms with Crippen LogP contribution in [0.25, 0.3) is 0 Å². The van der Waals surface area contributed by atoms with Crippen LogP contribution in [0, 0.1) is 0 Å². The van der Waals surface area contributed by atoms with Gasteiger partial charge in [0.25, 0.3) is 5.91 Å². The number of ether oxygens (including phenoxy) is 1. The molecule has 8 heteroatoms. The minimum atomic E-state index is -0.387. The Morgan fingerprint density at radius 2 is 2.20 bits per heavy atom. The molecule has 0 saturated carbocycles. The molecule has 1 fully saturated rings. The topological polar surface area (TPSA) is 95.1 Å². The number of rotatable bonds is 5. The molecular weight excluding hydrogens is 322 g/mol. The third-order valence-corrected chi connectivity index (χ3v) is 4.07. The van der Waals surface area contributed by atoms with E-state index in [1.807, 2.05) is 30.3 Å². The number of anilines is 1. The van der Waals surface area contributed by atoms with Gasteiger partial charge in [0.05, 0.1) is 6.54 Å². The first kappa shape index (κ1) is 15.5. The van der Waals surface area contributed by atoms with Gasteiger partial charge in [-0.15, -0.1) is 10.2 Å². The van der Waals surface area contributed by atoms with Gasteiger partial charge in [0.15, 0.2) is 17.8 Å². The number of oxazole rings is 1. The summed E-state index contributed by atoms with van der Waals surface area (Å²) in [6, 6.07) is 9.87. The van der Waals surface area contributed by atoms with Gasteiger partial charge in [0.1, 0.15) is 12.4 Å². The number of carbonyl (C=O) groups is 1. The number of hydrogen-bond donors (Lipinski definition) is 1. The van der Waals surface area contributed by atoms with Gasteiger partial charge in [-0.3, -0.25) is 14.7 Å². The summed E-state index contributed by atoms with van der Waals surface area (Å²) in [7, 11) is 0. The highest BCUT2D eigenvalue weighted by Crippen LogP contribution is 2.30. The van der Waals surface area contributed by atoms with Gasteiger partial charge >= 0.3 is 0 Å². The number of carbonyl (C=O) groups excluding carboxylic acids is 1. The maximum Gasteiger partial charge on any atom is 0.280 e. The van der Waals surface area contributed by atoms with E-state index >= 15 is 0 Å². The predicted molar refractivity (Wildman–Crippen MR) is 87.9 cm³/mol. The van der Waals surface area contributed by atoms with Crippen LogP contribution in [0.1, 0.15) is 40.8 Å². The largest absolute Gasteiger partial charge is 0.445 e. The van der Waals surface area contributed by atoms with Crippen LogP contribution < -0.4 is 5.32 Å². The Morgan fingerprint density at radius 1 is 1.32 bits per heavy atom. The molecule has 0 radical (unpaired) electrons. The Kier molecular flexibility index (Phi) is 4.26. The number of aromatic nitrogens is 4. The number of hydrogen-bond acceptors (Lipinski definition) is 6. The number of nitrogens with zero attached hydrogens (tertiary/aromatic N) is 4. The molecule has 8 nitrogen and oxygen atoms in total. The van der Waals surface area contributed by atoms with Crippen LogP contribution in [-0.4, -0.2) is 32.3 Å². The van der Waals surface area contributed by atoms with E-state index in [1.54, 1.807) is 10.9 Å². The van der Waals surface area contributed by atoms with Crippen LogP contribution in [0.4, 0.5) is 5.95 Å². The molecule has 1 N–H and O–H groups in total. The summed E-state index contributed by atoms with van der Waals surface area (Å²) < 4.78 is 12.7. The van der Waals surface area contributed by atoms with Crippen molar-refractivity contribution in [2.75, 3.05) is 11.9 Å². The molecule has 3 heterocycles. The van der Waals surface area contributed by atoms with E-state index in [9.17, 15) is 4.79 Å². The second-order valence-electron chi connectivity index (χ2n) is 5.79. The lowest BCUT2D eigenvalue weighted by molar-refractivity contribution is 0.0889. The van der Waals surface area contributed by atoms with Crippen molar-refractivity contribution >= 4 is 11.9 Å². The number of amides is 1. The Hall–Kier alpha value is -3.00. The average Bonchev–Trinajstić information content (AvgIpc) is 3.37. The standard InChI is InChI=1S/C17H17N5O3/c23-16(14-15(25-11-18-14)13-7-4-8-24-13)20-17-21-19-10-22(17)9-12-5-2-1-3-6-12/h1-3,5-6,10-11,13H,4,7-9H2,(H,20,21,23)/t13-/m1/s1. The van der Waals surface area contributed by atoms with Crippen molar-refractivity contribution < 1.29 is 13.9 Å². The molecule has 1 amide bonds. The lowest BCUT2D eigenvalue weighted by atomic mass is 10.1. The summed E-state index contributed by atoms with van der Waals surface area (Å²) in [5.41, 5.74) is 1.31. The van der Waals surface area contributed by atoms with Crippen LogP contribution in [0.5, 0.6) is 0 Å². The van der Waals surface area contributed by atoms with E-state index < -0.39 is 0 Å². The Labute approximate surface area is 143 Å². The summed E-state index contributed by atoms with van der Waals surface area (Å²) >= 11 is 0. The third-order valence-electron chi connectivity index (χ3n) is 4.07. The van der Waals surface area contributed by atoms with Crippen molar-refractivity contribution in [1.29, 1.82) is 0 Å². The molecule has 128 valence electrons. The quantitative estimate of drug-likeness (QED) is 0.767. The second kappa shape index (κ2) is 6.86. The molecule has 0 unspecified atom stereocenters. The van der Waals surface area contributed by atoms with E-state index in [2.05, 4.69) is 20.5 Å². The number of benzene rings is 1. The molecule has 4 rings (SSSR count). The van der Waals surface area contributed by atoms with Crippen LogP contribution in [-0.2, 0) is 11.3 Å². The highest BCUT2D eigenvalue weighted by atomic mass is 16.5. The summed E-state index contributed by atoms with van der Waals surface area (Å²) in [6.07, 6.45) is 4.38. The first-order valence-electron chi connectivity index (χ1n) is 8.09. The van der Waals surface area contributed by atoms with Gasteiger partial charge in [-0.25, -0.2) is 4.98 Å². The predicted octanol–water partition coefficient (Wildman–Crippen LogP) is 2.42. The molecule has 0 spiro atoms. The lowest BCUT2D eigenvalue weighted by Gasteiger charge is -2.09. The zero-order valence-corrected chi connectivity index (χ0v) is 13.5. The van der Waals surface area contributed by atoms with Gasteiger partial charge in [0, 0.05) is 6.61 Å². The summed E-state index contributed by atoms with van der Waals surface area (Å²) in [4.78, 5) is 16.6. The van der Waals surface area contributed by atoms with Gasteiger partial charge in [-0.2, -0.15) is 0 Å². The highest BCUT2D eigenvalue weighted by Gasteiger charge is 2.28. The molecule has 3 aromatic rings. The van der Waals surface area contributed by atoms with Gasteiger partial charge in [-0.05, 0) is 18.4 Å². The minimum absolute atomic E-state index is 0.217. The molecule has 1 aromatic carbocycles. The van der Waals surface area contributed by atoms with Gasteiger partial charge in [0.2, 0.25) is 5.95 Å². The normalized spacial score (nSPS) is 16.9. The Bertz CT molecular complexity index is 852. The monoisotopic (exact) mass is 339 g/mol. The molecule has 1 saturated heterocycles. The summed E-state index contributed by atoms with van der Waals surface area (Å²) in [6.45, 7) is 1.22. The van der Waals surface area contributed by atoms with Crippen LogP contribution in [0.15, 0.2) is 47.5 Å². The first-order valence-corrected chi connectivity index (χ1v) is 8.09. The maximum absolute atomic E-state index is 12.6. The van der Waals surface area contributed by atoms with E-state index in [0.29, 0.717) is 24.9 Å². The zero-order chi connectivity index (χ0) is 17.1. The molecule has 1 aliphatic heterocycles. The van der Waals surface area contributed by atoms with Crippen molar-refractivity contribution in [3.63, 3.8) is 0 Å². The van der Waals surface area contributed by atoms with E-state index in [0.717, 1.165) is 18.4 Å². The fraction of sp³-hybridized carbons (Fsp3) is 0.294. The average molecular weight is 339 g/mol. The smallest absolute Gasteiger partial charge is 0.280 e. The van der Waals surface area contributed by atoms with Crippen LogP contribution in [0.2, 0.25) is 0 Å². The van der Waals surface area contributed by atoms with Crippen LogP contribution >= 0.6 is 0 Å². The van der Waals surface area contributed by atoms with Gasteiger partial charge < -0.3 is 9.15 Å². The fourth-order valence-corrected chi connectivity index (χ4v) is 2.85. The zero-order valence-electron chi connectivity index (χ0n) is 13.5. The summed E-state index contributed by atoms with van der Waals surface area (Å²) in [5, 5.41) is 10.6. The molecule has 1 atom stereocenters. The molecule has 25 heavy (non-hydrogen) atoms. The Balaban J connectivity index is 1.51. The molecule has 0 aliphatic carbocycles. The van der Waals surface area contributed by atoms with Crippen molar-refractivity contribution in [3.8, 4) is 0 Å². The van der Waals surface area contributed by atoms with E-state index in [4.69, 9.17) is 9.15 Å². The van der Waals surface area contributed by atoms with Crippen molar-refractivity contribution in [1.82, 2.24) is 19.7 Å². The molecule has 2 aromatic heterocycles. The fourth-order valence-electron chi connectivity index (χ4n) is 2.85. The summed E-state index contributed by atoms with van der Waals surface area (Å²) in [5.74, 6) is 0.431. The molecule has 1 aliphatic rings. The first-order chi connectivity index (χ1) is 12.3. The van der Waals surface area contributed by atoms with E-state index in [-0.39, 0.29) is 17.7 Å². The maximum atomic E-state index is 12.6. The Morgan fingerprint density at radius 3 is 3.00 bits per heavy atom. The van der Waals surface area contributed by atoms with Gasteiger partial charge in [-0.1, -0.05) is 30.3 Å². The second-order valence-corrected chi connectivity index (χ2v) is 5.79. The van der Waals surface area contributed by atoms with Crippen molar-refractivity contribution in [2.24, 2.45) is 0 Å². The lowest BCUT2D eigenvalue weighted by Crippen LogP contribution is -2.18. The molecule has 0 bridgehead atoms. The number of nitrogens with one attached hydrogen (secondary N) is 1. The highest BCUT2D eigenvalue weighted by molar-refractivity contribution is 6.02. The van der Waals surface area contributed by atoms with Crippen molar-refractivity contribution in [2.45, 2.75) is 25.5 Å².